The molecule has 0 aliphatic rings. The van der Waals surface area contributed by atoms with Crippen LogP contribution in [0.4, 0.5) is 17.8 Å². The van der Waals surface area contributed by atoms with Crippen LogP contribution in [0.2, 0.25) is 0 Å². The third-order valence-electron chi connectivity index (χ3n) is 1.16. The molecule has 0 spiro atoms. The van der Waals surface area contributed by atoms with Gasteiger partial charge >= 0.3 is 0 Å². The first-order chi connectivity index (χ1) is 7.60. The molecule has 9 nitrogen and oxygen atoms in total. The van der Waals surface area contributed by atoms with Gasteiger partial charge < -0.3 is 32.2 Å². The predicted octanol–water partition coefficient (Wildman–Crippen LogP) is -2.39. The average Bonchev–Trinajstić information content (AvgIpc) is 2.17. The first kappa shape index (κ1) is 14.3. The van der Waals surface area contributed by atoms with E-state index in [1.807, 2.05) is 0 Å². The van der Waals surface area contributed by atoms with Crippen LogP contribution in [0.5, 0.6) is 0 Å². The Kier molecular flexibility index (Phi) is 7.67. The van der Waals surface area contributed by atoms with Crippen molar-refractivity contribution < 1.29 is 14.9 Å². The summed E-state index contributed by atoms with van der Waals surface area (Å²) in [7, 11) is 0. The van der Waals surface area contributed by atoms with Gasteiger partial charge in [-0.1, -0.05) is 0 Å². The summed E-state index contributed by atoms with van der Waals surface area (Å²) in [4.78, 5) is 10.5. The van der Waals surface area contributed by atoms with Gasteiger partial charge in [-0.3, -0.25) is 0 Å². The zero-order valence-corrected chi connectivity index (χ0v) is 8.70. The standard InChI is InChI=1S/C4H10O3.C3H6N6/c5-1-3-7-4-2-6;4-1-7-2(5)9-3(6)8-1/h5-6H,1-4H2;(H6,4,5,6,7,8,9). The minimum absolute atomic E-state index is 0.0278. The highest BCUT2D eigenvalue weighted by Gasteiger charge is 1.93. The smallest absolute Gasteiger partial charge is 0.226 e. The number of nitrogens with zero attached hydrogens (tertiary/aromatic N) is 3. The van der Waals surface area contributed by atoms with E-state index in [9.17, 15) is 0 Å². The Hall–Kier alpha value is -1.71. The van der Waals surface area contributed by atoms with Crippen molar-refractivity contribution in [2.45, 2.75) is 0 Å². The van der Waals surface area contributed by atoms with Crippen LogP contribution in [0.25, 0.3) is 0 Å². The lowest BCUT2D eigenvalue weighted by atomic mass is 10.7. The van der Waals surface area contributed by atoms with E-state index in [2.05, 4.69) is 19.7 Å². The Bertz CT molecular complexity index is 243. The van der Waals surface area contributed by atoms with E-state index in [1.165, 1.54) is 0 Å². The molecule has 0 bridgehead atoms. The second kappa shape index (κ2) is 8.59. The molecule has 1 aromatic rings. The number of hydrogen-bond acceptors (Lipinski definition) is 9. The van der Waals surface area contributed by atoms with E-state index in [-0.39, 0.29) is 31.1 Å². The summed E-state index contributed by atoms with van der Waals surface area (Å²) in [6.07, 6.45) is 0. The average molecular weight is 232 g/mol. The monoisotopic (exact) mass is 232 g/mol. The molecule has 0 aromatic carbocycles. The van der Waals surface area contributed by atoms with Crippen molar-refractivity contribution in [2.75, 3.05) is 43.6 Å². The maximum atomic E-state index is 8.09. The van der Waals surface area contributed by atoms with Gasteiger partial charge in [0.25, 0.3) is 0 Å². The van der Waals surface area contributed by atoms with Crippen LogP contribution in [-0.2, 0) is 4.74 Å². The summed E-state index contributed by atoms with van der Waals surface area (Å²) in [6.45, 7) is 0.696. The number of rotatable bonds is 4. The van der Waals surface area contributed by atoms with E-state index in [4.69, 9.17) is 27.4 Å². The van der Waals surface area contributed by atoms with Crippen LogP contribution in [0.15, 0.2) is 0 Å². The van der Waals surface area contributed by atoms with Gasteiger partial charge in [0.05, 0.1) is 26.4 Å². The molecule has 0 saturated carbocycles. The highest BCUT2D eigenvalue weighted by Crippen LogP contribution is 1.97. The molecule has 0 aliphatic carbocycles. The molecule has 9 heteroatoms. The van der Waals surface area contributed by atoms with Crippen molar-refractivity contribution in [1.29, 1.82) is 0 Å². The predicted molar refractivity (Wildman–Crippen MR) is 58.1 cm³/mol. The molecule has 1 aromatic heterocycles. The van der Waals surface area contributed by atoms with Gasteiger partial charge in [-0.2, -0.15) is 15.0 Å². The lowest BCUT2D eigenvalue weighted by Crippen LogP contribution is -2.05. The van der Waals surface area contributed by atoms with E-state index < -0.39 is 0 Å². The molecule has 0 atom stereocenters. The summed E-state index contributed by atoms with van der Waals surface area (Å²) >= 11 is 0. The number of aliphatic hydroxyl groups is 2. The summed E-state index contributed by atoms with van der Waals surface area (Å²) in [6, 6.07) is 0. The SMILES string of the molecule is Nc1nc(N)nc(N)n1.OCCOCCO. The maximum absolute atomic E-state index is 8.09. The van der Waals surface area contributed by atoms with E-state index in [0.717, 1.165) is 0 Å². The van der Waals surface area contributed by atoms with Crippen LogP contribution in [0.1, 0.15) is 0 Å². The van der Waals surface area contributed by atoms with Crippen LogP contribution < -0.4 is 17.2 Å². The fourth-order valence-electron chi connectivity index (χ4n) is 0.658. The minimum atomic E-state index is 0.0278. The van der Waals surface area contributed by atoms with Crippen molar-refractivity contribution in [3.05, 3.63) is 0 Å². The van der Waals surface area contributed by atoms with Crippen LogP contribution in [-0.4, -0.2) is 51.6 Å². The molecule has 16 heavy (non-hydrogen) atoms. The Labute approximate surface area is 92.3 Å². The molecule has 1 heterocycles. The molecular weight excluding hydrogens is 216 g/mol. The molecule has 0 unspecified atom stereocenters. The minimum Gasteiger partial charge on any atom is -0.394 e. The Morgan fingerprint density at radius 1 is 0.812 bits per heavy atom. The fourth-order valence-corrected chi connectivity index (χ4v) is 0.658. The van der Waals surface area contributed by atoms with E-state index in [1.54, 1.807) is 0 Å². The van der Waals surface area contributed by atoms with Gasteiger partial charge in [-0.15, -0.1) is 0 Å². The number of hydrogen-bond donors (Lipinski definition) is 5. The lowest BCUT2D eigenvalue weighted by molar-refractivity contribution is 0.0650. The number of nitrogens with two attached hydrogens (primary N) is 3. The Morgan fingerprint density at radius 3 is 1.38 bits per heavy atom. The van der Waals surface area contributed by atoms with Crippen molar-refractivity contribution in [2.24, 2.45) is 0 Å². The number of nitrogen functional groups attached to an aromatic ring is 3. The third kappa shape index (κ3) is 7.67. The highest BCUT2D eigenvalue weighted by molar-refractivity contribution is 5.33. The number of aliphatic hydroxyl groups excluding tert-OH is 2. The molecule has 1 rings (SSSR count). The Morgan fingerprint density at radius 2 is 1.12 bits per heavy atom. The maximum Gasteiger partial charge on any atom is 0.226 e. The number of anilines is 3. The van der Waals surface area contributed by atoms with Gasteiger partial charge in [0, 0.05) is 0 Å². The molecule has 0 saturated heterocycles. The second-order valence-electron chi connectivity index (χ2n) is 2.47. The summed E-state index contributed by atoms with van der Waals surface area (Å²) in [5.74, 6) is 0.125. The lowest BCUT2D eigenvalue weighted by Gasteiger charge is -1.94. The van der Waals surface area contributed by atoms with E-state index in [0.29, 0.717) is 13.2 Å². The van der Waals surface area contributed by atoms with Crippen LogP contribution >= 0.6 is 0 Å². The zero-order chi connectivity index (χ0) is 12.4. The molecule has 0 radical (unpaired) electrons. The van der Waals surface area contributed by atoms with Gasteiger partial charge in [0.1, 0.15) is 0 Å². The van der Waals surface area contributed by atoms with Crippen molar-refractivity contribution >= 4 is 17.8 Å². The summed E-state index contributed by atoms with van der Waals surface area (Å²) in [5, 5.41) is 16.2. The normalized spacial score (nSPS) is 9.38. The molecule has 0 fully saturated rings. The van der Waals surface area contributed by atoms with Crippen molar-refractivity contribution in [1.82, 2.24) is 15.0 Å². The third-order valence-corrected chi connectivity index (χ3v) is 1.16. The molecular formula is C7H16N6O3. The number of aromatic nitrogens is 3. The first-order valence-corrected chi connectivity index (χ1v) is 4.42. The van der Waals surface area contributed by atoms with Gasteiger partial charge in [0.2, 0.25) is 17.8 Å². The van der Waals surface area contributed by atoms with E-state index >= 15 is 0 Å². The molecule has 8 N–H and O–H groups in total. The summed E-state index contributed by atoms with van der Waals surface area (Å²) < 4.78 is 4.63. The molecule has 0 aliphatic heterocycles. The molecule has 0 amide bonds. The first-order valence-electron chi connectivity index (χ1n) is 4.42. The quantitative estimate of drug-likeness (QED) is 0.355. The topological polar surface area (TPSA) is 166 Å². The van der Waals surface area contributed by atoms with Crippen molar-refractivity contribution in [3.63, 3.8) is 0 Å². The summed E-state index contributed by atoms with van der Waals surface area (Å²) in [5.41, 5.74) is 15.4. The Balaban J connectivity index is 0.000000293. The van der Waals surface area contributed by atoms with Crippen LogP contribution in [0, 0.1) is 0 Å². The zero-order valence-electron chi connectivity index (χ0n) is 8.70. The van der Waals surface area contributed by atoms with Gasteiger partial charge in [-0.05, 0) is 0 Å². The fraction of sp³-hybridized carbons (Fsp3) is 0.571. The molecule has 92 valence electrons. The second-order valence-corrected chi connectivity index (χ2v) is 2.47. The van der Waals surface area contributed by atoms with Gasteiger partial charge in [-0.25, -0.2) is 0 Å². The highest BCUT2D eigenvalue weighted by atomic mass is 16.5. The largest absolute Gasteiger partial charge is 0.394 e. The number of ether oxygens (including phenoxy) is 1. The van der Waals surface area contributed by atoms with Crippen LogP contribution in [0.3, 0.4) is 0 Å². The van der Waals surface area contributed by atoms with Crippen molar-refractivity contribution in [3.8, 4) is 0 Å². The van der Waals surface area contributed by atoms with Gasteiger partial charge in [0.15, 0.2) is 0 Å².